The van der Waals surface area contributed by atoms with Gasteiger partial charge in [0.15, 0.2) is 0 Å². The molecule has 0 heterocycles. The number of hydrogen-bond acceptors (Lipinski definition) is 0. The van der Waals surface area contributed by atoms with Crippen LogP contribution in [-0.2, 0) is 21.1 Å². The largest absolute Gasteiger partial charge is 2.00 e. The van der Waals surface area contributed by atoms with E-state index in [-0.39, 0.29) is 21.1 Å². The van der Waals surface area contributed by atoms with Gasteiger partial charge in [0.1, 0.15) is 0 Å². The SMILES string of the molecule is CC(C)C1=[C-]CC=C1.CC(C)C1=[C-]CC=C1.[W+2]. The van der Waals surface area contributed by atoms with Crippen LogP contribution in [0.25, 0.3) is 0 Å². The molecule has 0 saturated carbocycles. The molecule has 17 heavy (non-hydrogen) atoms. The van der Waals surface area contributed by atoms with Crippen molar-refractivity contribution in [1.82, 2.24) is 0 Å². The second kappa shape index (κ2) is 8.70. The Morgan fingerprint density at radius 2 is 1.18 bits per heavy atom. The molecule has 0 atom stereocenters. The molecule has 0 amide bonds. The third-order valence-electron chi connectivity index (χ3n) is 2.69. The third-order valence-corrected chi connectivity index (χ3v) is 2.69. The molecule has 0 N–H and O–H groups in total. The Bertz CT molecular complexity index is 293. The molecule has 1 heteroatoms. The summed E-state index contributed by atoms with van der Waals surface area (Å²) in [4.78, 5) is 0. The topological polar surface area (TPSA) is 0 Å². The molecule has 0 aromatic rings. The van der Waals surface area contributed by atoms with Gasteiger partial charge < -0.3 is 0 Å². The normalized spacial score (nSPS) is 16.6. The van der Waals surface area contributed by atoms with Crippen molar-refractivity contribution in [2.24, 2.45) is 11.8 Å². The van der Waals surface area contributed by atoms with E-state index >= 15 is 0 Å². The summed E-state index contributed by atoms with van der Waals surface area (Å²) in [5.74, 6) is 1.32. The third kappa shape index (κ3) is 6.22. The standard InChI is InChI=1S/2C8H11.W/c2*1-7(2)8-5-3-4-6-8;/h2*3,5,7H,4H2,1-2H3;/q2*-1;+2. The molecule has 0 aromatic heterocycles. The van der Waals surface area contributed by atoms with Gasteiger partial charge in [0.05, 0.1) is 0 Å². The van der Waals surface area contributed by atoms with Crippen LogP contribution < -0.4 is 0 Å². The maximum atomic E-state index is 3.26. The first kappa shape index (κ1) is 16.6. The zero-order chi connectivity index (χ0) is 12.0. The van der Waals surface area contributed by atoms with Crippen molar-refractivity contribution in [2.75, 3.05) is 0 Å². The van der Waals surface area contributed by atoms with Crippen LogP contribution in [0.2, 0.25) is 0 Å². The fraction of sp³-hybridized carbons (Fsp3) is 0.500. The van der Waals surface area contributed by atoms with Gasteiger partial charge in [0, 0.05) is 0 Å². The van der Waals surface area contributed by atoms with Crippen LogP contribution in [0.5, 0.6) is 0 Å². The molecule has 0 spiro atoms. The van der Waals surface area contributed by atoms with Crippen LogP contribution in [0.4, 0.5) is 0 Å². The van der Waals surface area contributed by atoms with Gasteiger partial charge in [0.2, 0.25) is 0 Å². The molecule has 0 aromatic carbocycles. The van der Waals surface area contributed by atoms with Gasteiger partial charge in [-0.25, -0.2) is 23.3 Å². The van der Waals surface area contributed by atoms with Gasteiger partial charge in [-0.2, -0.15) is 12.2 Å². The van der Waals surface area contributed by atoms with E-state index in [0.717, 1.165) is 12.8 Å². The predicted octanol–water partition coefficient (Wildman–Crippen LogP) is 4.66. The first-order valence-corrected chi connectivity index (χ1v) is 6.15. The molecule has 2 rings (SSSR count). The molecule has 0 unspecified atom stereocenters. The van der Waals surface area contributed by atoms with E-state index < -0.39 is 0 Å². The molecule has 2 aliphatic rings. The van der Waals surface area contributed by atoms with Crippen molar-refractivity contribution in [3.63, 3.8) is 0 Å². The van der Waals surface area contributed by atoms with Gasteiger partial charge in [-0.3, -0.25) is 12.2 Å². The summed E-state index contributed by atoms with van der Waals surface area (Å²) >= 11 is 0. The van der Waals surface area contributed by atoms with Crippen molar-refractivity contribution in [2.45, 2.75) is 40.5 Å². The van der Waals surface area contributed by atoms with Crippen LogP contribution in [0, 0.1) is 24.0 Å². The van der Waals surface area contributed by atoms with Crippen LogP contribution in [0.3, 0.4) is 0 Å². The van der Waals surface area contributed by atoms with E-state index in [0.29, 0.717) is 11.8 Å². The zero-order valence-electron chi connectivity index (χ0n) is 11.3. The minimum Gasteiger partial charge on any atom is -0.269 e. The van der Waals surface area contributed by atoms with Crippen LogP contribution in [0.1, 0.15) is 40.5 Å². The molecule has 0 radical (unpaired) electrons. The fourth-order valence-electron chi connectivity index (χ4n) is 1.64. The number of rotatable bonds is 2. The van der Waals surface area contributed by atoms with Gasteiger partial charge in [-0.05, 0) is 0 Å². The molecular weight excluding hydrogens is 376 g/mol. The van der Waals surface area contributed by atoms with Crippen LogP contribution in [0.15, 0.2) is 35.5 Å². The first-order chi connectivity index (χ1) is 7.61. The van der Waals surface area contributed by atoms with E-state index in [1.807, 2.05) is 0 Å². The second-order valence-electron chi connectivity index (χ2n) is 4.79. The predicted molar refractivity (Wildman–Crippen MR) is 70.7 cm³/mol. The average Bonchev–Trinajstić information content (AvgIpc) is 2.93. The molecule has 0 saturated heterocycles. The molecule has 0 aliphatic heterocycles. The Morgan fingerprint density at radius 1 is 0.824 bits per heavy atom. The van der Waals surface area contributed by atoms with Crippen molar-refractivity contribution in [3.8, 4) is 0 Å². The number of hydrogen-bond donors (Lipinski definition) is 0. The van der Waals surface area contributed by atoms with E-state index in [1.54, 1.807) is 0 Å². The summed E-state index contributed by atoms with van der Waals surface area (Å²) in [5.41, 5.74) is 2.73. The molecule has 0 bridgehead atoms. The van der Waals surface area contributed by atoms with Gasteiger partial charge in [-0.1, -0.05) is 39.5 Å². The Kier molecular flexibility index (Phi) is 8.52. The second-order valence-corrected chi connectivity index (χ2v) is 4.79. The van der Waals surface area contributed by atoms with E-state index in [1.165, 1.54) is 11.1 Å². The Morgan fingerprint density at radius 3 is 1.29 bits per heavy atom. The quantitative estimate of drug-likeness (QED) is 0.594. The minimum absolute atomic E-state index is 0. The summed E-state index contributed by atoms with van der Waals surface area (Å²) in [5, 5.41) is 0. The summed E-state index contributed by atoms with van der Waals surface area (Å²) < 4.78 is 0. The monoisotopic (exact) mass is 398 g/mol. The summed E-state index contributed by atoms with van der Waals surface area (Å²) in [7, 11) is 0. The van der Waals surface area contributed by atoms with Gasteiger partial charge in [-0.15, -0.1) is 12.8 Å². The van der Waals surface area contributed by atoms with E-state index in [2.05, 4.69) is 64.2 Å². The smallest absolute Gasteiger partial charge is 0.269 e. The Labute approximate surface area is 121 Å². The Hall–Kier alpha value is -0.352. The summed E-state index contributed by atoms with van der Waals surface area (Å²) in [6.07, 6.45) is 17.2. The summed E-state index contributed by atoms with van der Waals surface area (Å²) in [6, 6.07) is 0. The zero-order valence-corrected chi connectivity index (χ0v) is 14.2. The molecule has 0 fully saturated rings. The Balaban J connectivity index is 0.000000284. The minimum atomic E-state index is 0. The maximum absolute atomic E-state index is 3.26. The molecule has 0 nitrogen and oxygen atoms in total. The average molecular weight is 398 g/mol. The van der Waals surface area contributed by atoms with Gasteiger partial charge >= 0.3 is 21.1 Å². The van der Waals surface area contributed by atoms with Crippen LogP contribution >= 0.6 is 0 Å². The molecule has 2 aliphatic carbocycles. The van der Waals surface area contributed by atoms with Crippen molar-refractivity contribution in [3.05, 3.63) is 47.6 Å². The van der Waals surface area contributed by atoms with E-state index in [4.69, 9.17) is 0 Å². The van der Waals surface area contributed by atoms with Crippen molar-refractivity contribution in [1.29, 1.82) is 0 Å². The van der Waals surface area contributed by atoms with Gasteiger partial charge in [0.25, 0.3) is 0 Å². The maximum Gasteiger partial charge on any atom is 2.00 e. The van der Waals surface area contributed by atoms with Crippen molar-refractivity contribution >= 4 is 0 Å². The number of allylic oxidation sites excluding steroid dienone is 8. The molecular formula is C16H22W. The van der Waals surface area contributed by atoms with Crippen molar-refractivity contribution < 1.29 is 21.1 Å². The summed E-state index contributed by atoms with van der Waals surface area (Å²) in [6.45, 7) is 8.77. The first-order valence-electron chi connectivity index (χ1n) is 6.15. The molecule has 92 valence electrons. The fourth-order valence-corrected chi connectivity index (χ4v) is 1.64. The van der Waals surface area contributed by atoms with E-state index in [9.17, 15) is 0 Å². The van der Waals surface area contributed by atoms with Crippen LogP contribution in [-0.4, -0.2) is 0 Å².